The van der Waals surface area contributed by atoms with Gasteiger partial charge in [0.05, 0.1) is 29.5 Å². The molecule has 1 aliphatic heterocycles. The zero-order chi connectivity index (χ0) is 19.7. The average Bonchev–Trinajstić information content (AvgIpc) is 3.14. The molecule has 3 aromatic rings. The fraction of sp³-hybridized carbons (Fsp3) is 0.429. The fourth-order valence-corrected chi connectivity index (χ4v) is 3.77. The molecular weight excluding hydrogens is 352 g/mol. The maximum Gasteiger partial charge on any atom is 0.228 e. The van der Waals surface area contributed by atoms with E-state index in [1.807, 2.05) is 36.3 Å². The molecule has 4 heterocycles. The molecule has 0 unspecified atom stereocenters. The first kappa shape index (κ1) is 18.6. The number of nitrogens with zero attached hydrogens (tertiary/aromatic N) is 6. The Balaban J connectivity index is 1.49. The van der Waals surface area contributed by atoms with E-state index in [1.54, 1.807) is 17.1 Å². The van der Waals surface area contributed by atoms with Crippen LogP contribution in [0.15, 0.2) is 36.8 Å². The summed E-state index contributed by atoms with van der Waals surface area (Å²) in [5.41, 5.74) is 3.46. The molecule has 3 aromatic heterocycles. The molecule has 7 nitrogen and oxygen atoms in total. The minimum atomic E-state index is 0.146. The summed E-state index contributed by atoms with van der Waals surface area (Å²) < 4.78 is 1.76. The minimum absolute atomic E-state index is 0.146. The Bertz CT molecular complexity index is 987. The number of piperidine rings is 1. The number of hydrogen-bond acceptors (Lipinski definition) is 5. The maximum atomic E-state index is 12.7. The smallest absolute Gasteiger partial charge is 0.228 e. The van der Waals surface area contributed by atoms with Crippen molar-refractivity contribution >= 4 is 16.8 Å². The van der Waals surface area contributed by atoms with Gasteiger partial charge < -0.3 is 9.80 Å². The molecule has 0 aliphatic carbocycles. The second-order valence-electron chi connectivity index (χ2n) is 7.72. The number of aromatic nitrogens is 4. The lowest BCUT2D eigenvalue weighted by atomic mass is 10.0. The molecule has 0 spiro atoms. The summed E-state index contributed by atoms with van der Waals surface area (Å²) in [6.45, 7) is 1.64. The summed E-state index contributed by atoms with van der Waals surface area (Å²) in [5.74, 6) is 0.146. The predicted molar refractivity (Wildman–Crippen MR) is 109 cm³/mol. The van der Waals surface area contributed by atoms with Crippen LogP contribution in [0, 0.1) is 0 Å². The molecule has 0 atom stereocenters. The number of carbonyl (C=O) groups excluding carboxylic acids is 1. The summed E-state index contributed by atoms with van der Waals surface area (Å²) in [5, 5.41) is 5.18. The highest BCUT2D eigenvalue weighted by Gasteiger charge is 2.24. The summed E-state index contributed by atoms with van der Waals surface area (Å²) in [6.07, 6.45) is 7.92. The van der Waals surface area contributed by atoms with Crippen LogP contribution in [-0.4, -0.2) is 68.7 Å². The summed E-state index contributed by atoms with van der Waals surface area (Å²) >= 11 is 0. The van der Waals surface area contributed by atoms with Gasteiger partial charge in [-0.3, -0.25) is 14.5 Å². The van der Waals surface area contributed by atoms with Crippen LogP contribution in [-0.2, 0) is 18.3 Å². The number of rotatable bonds is 4. The molecule has 7 heteroatoms. The molecule has 4 rings (SSSR count). The number of amides is 1. The number of carbonyl (C=O) groups is 1. The van der Waals surface area contributed by atoms with Crippen LogP contribution in [0.4, 0.5) is 0 Å². The highest BCUT2D eigenvalue weighted by Crippen LogP contribution is 2.21. The second-order valence-corrected chi connectivity index (χ2v) is 7.72. The summed E-state index contributed by atoms with van der Waals surface area (Å²) in [7, 11) is 6.10. The fourth-order valence-electron chi connectivity index (χ4n) is 3.77. The highest BCUT2D eigenvalue weighted by atomic mass is 16.2. The van der Waals surface area contributed by atoms with Crippen LogP contribution >= 0.6 is 0 Å². The first-order chi connectivity index (χ1) is 13.5. The van der Waals surface area contributed by atoms with Crippen molar-refractivity contribution in [3.05, 3.63) is 42.5 Å². The van der Waals surface area contributed by atoms with E-state index in [9.17, 15) is 4.79 Å². The van der Waals surface area contributed by atoms with Crippen molar-refractivity contribution in [2.24, 2.45) is 7.05 Å². The molecule has 1 fully saturated rings. The predicted octanol–water partition coefficient (Wildman–Crippen LogP) is 2.13. The second kappa shape index (κ2) is 7.67. The van der Waals surface area contributed by atoms with E-state index < -0.39 is 0 Å². The van der Waals surface area contributed by atoms with E-state index in [-0.39, 0.29) is 5.91 Å². The lowest BCUT2D eigenvalue weighted by Crippen LogP contribution is -2.45. The van der Waals surface area contributed by atoms with Crippen molar-refractivity contribution in [1.29, 1.82) is 0 Å². The van der Waals surface area contributed by atoms with E-state index in [0.717, 1.165) is 53.8 Å². The molecule has 1 saturated heterocycles. The maximum absolute atomic E-state index is 12.7. The van der Waals surface area contributed by atoms with Gasteiger partial charge in [-0.2, -0.15) is 5.10 Å². The minimum Gasteiger partial charge on any atom is -0.342 e. The van der Waals surface area contributed by atoms with E-state index in [2.05, 4.69) is 29.1 Å². The Kier molecular flexibility index (Phi) is 5.09. The molecule has 0 saturated carbocycles. The SMILES string of the molecule is CN(C)C1CCN(C(=O)Cc2cc3nc(-c4cnn(C)c4)ccc3cn2)CC1. The first-order valence-electron chi connectivity index (χ1n) is 9.68. The van der Waals surface area contributed by atoms with Crippen molar-refractivity contribution in [2.75, 3.05) is 27.2 Å². The van der Waals surface area contributed by atoms with E-state index >= 15 is 0 Å². The Morgan fingerprint density at radius 1 is 1.21 bits per heavy atom. The van der Waals surface area contributed by atoms with Gasteiger partial charge >= 0.3 is 0 Å². The van der Waals surface area contributed by atoms with Crippen LogP contribution in [0.5, 0.6) is 0 Å². The Morgan fingerprint density at radius 2 is 2.00 bits per heavy atom. The number of pyridine rings is 2. The van der Waals surface area contributed by atoms with Gasteiger partial charge in [-0.1, -0.05) is 0 Å². The third kappa shape index (κ3) is 3.89. The molecule has 1 amide bonds. The van der Waals surface area contributed by atoms with Crippen molar-refractivity contribution in [3.8, 4) is 11.3 Å². The van der Waals surface area contributed by atoms with Crippen molar-refractivity contribution in [3.63, 3.8) is 0 Å². The van der Waals surface area contributed by atoms with Gasteiger partial charge in [-0.15, -0.1) is 0 Å². The third-order valence-electron chi connectivity index (χ3n) is 5.51. The van der Waals surface area contributed by atoms with E-state index in [4.69, 9.17) is 4.98 Å². The van der Waals surface area contributed by atoms with Crippen LogP contribution in [0.3, 0.4) is 0 Å². The summed E-state index contributed by atoms with van der Waals surface area (Å²) in [6, 6.07) is 6.48. The first-order valence-corrected chi connectivity index (χ1v) is 9.68. The van der Waals surface area contributed by atoms with Crippen molar-refractivity contribution < 1.29 is 4.79 Å². The normalized spacial score (nSPS) is 15.5. The van der Waals surface area contributed by atoms with Gasteiger partial charge in [0.25, 0.3) is 0 Å². The van der Waals surface area contributed by atoms with Crippen LogP contribution < -0.4 is 0 Å². The lowest BCUT2D eigenvalue weighted by Gasteiger charge is -2.35. The summed E-state index contributed by atoms with van der Waals surface area (Å²) in [4.78, 5) is 26.1. The van der Waals surface area contributed by atoms with Crippen molar-refractivity contribution in [1.82, 2.24) is 29.5 Å². The molecule has 1 aliphatic rings. The van der Waals surface area contributed by atoms with Crippen LogP contribution in [0.2, 0.25) is 0 Å². The Hall–Kier alpha value is -2.80. The van der Waals surface area contributed by atoms with Gasteiger partial charge in [0.15, 0.2) is 0 Å². The van der Waals surface area contributed by atoms with Gasteiger partial charge in [0, 0.05) is 49.5 Å². The molecule has 0 N–H and O–H groups in total. The molecule has 0 bridgehead atoms. The molecule has 146 valence electrons. The van der Waals surface area contributed by atoms with Crippen LogP contribution in [0.25, 0.3) is 22.2 Å². The van der Waals surface area contributed by atoms with Crippen molar-refractivity contribution in [2.45, 2.75) is 25.3 Å². The van der Waals surface area contributed by atoms with Crippen LogP contribution in [0.1, 0.15) is 18.5 Å². The van der Waals surface area contributed by atoms with Gasteiger partial charge in [0.1, 0.15) is 0 Å². The molecule has 0 aromatic carbocycles. The number of hydrogen-bond donors (Lipinski definition) is 0. The standard InChI is InChI=1S/C21H26N6O/c1-25(2)18-6-8-27(9-7-18)21(28)11-17-10-20-15(12-22-17)4-5-19(24-20)16-13-23-26(3)14-16/h4-5,10,12-14,18H,6-9,11H2,1-3H3. The van der Waals surface area contributed by atoms with Gasteiger partial charge in [-0.05, 0) is 45.1 Å². The molecule has 0 radical (unpaired) electrons. The zero-order valence-corrected chi connectivity index (χ0v) is 16.7. The van der Waals surface area contributed by atoms with Gasteiger partial charge in [0.2, 0.25) is 5.91 Å². The molecule has 28 heavy (non-hydrogen) atoms. The Labute approximate surface area is 165 Å². The average molecular weight is 378 g/mol. The zero-order valence-electron chi connectivity index (χ0n) is 16.7. The largest absolute Gasteiger partial charge is 0.342 e. The topological polar surface area (TPSA) is 67.2 Å². The number of fused-ring (bicyclic) bond motifs is 1. The quantitative estimate of drug-likeness (QED) is 0.696. The lowest BCUT2D eigenvalue weighted by molar-refractivity contribution is -0.132. The van der Waals surface area contributed by atoms with E-state index in [1.165, 1.54) is 0 Å². The number of likely N-dealkylation sites (tertiary alicyclic amines) is 1. The number of aryl methyl sites for hydroxylation is 1. The van der Waals surface area contributed by atoms with E-state index in [0.29, 0.717) is 12.5 Å². The Morgan fingerprint density at radius 3 is 2.68 bits per heavy atom. The monoisotopic (exact) mass is 378 g/mol. The third-order valence-corrected chi connectivity index (χ3v) is 5.51. The molecular formula is C21H26N6O. The van der Waals surface area contributed by atoms with Gasteiger partial charge in [-0.25, -0.2) is 4.98 Å². The highest BCUT2D eigenvalue weighted by molar-refractivity contribution is 5.83.